The number of nitrogens with one attached hydrogen (secondary N) is 2. The fourth-order valence-corrected chi connectivity index (χ4v) is 1.40. The van der Waals surface area contributed by atoms with Gasteiger partial charge in [-0.1, -0.05) is 25.0 Å². The first-order valence-electron chi connectivity index (χ1n) is 5.80. The lowest BCUT2D eigenvalue weighted by Gasteiger charge is -2.10. The summed E-state index contributed by atoms with van der Waals surface area (Å²) in [6, 6.07) is 7.50. The van der Waals surface area contributed by atoms with Crippen LogP contribution in [-0.4, -0.2) is 19.0 Å². The molecule has 17 heavy (non-hydrogen) atoms. The molecule has 90 valence electrons. The number of rotatable bonds is 5. The van der Waals surface area contributed by atoms with Crippen LogP contribution in [-0.2, 0) is 0 Å². The molecule has 0 aliphatic carbocycles. The Kier molecular flexibility index (Phi) is 5.67. The average Bonchev–Trinajstić information content (AvgIpc) is 2.37. The Morgan fingerprint density at radius 2 is 2.12 bits per heavy atom. The van der Waals surface area contributed by atoms with Crippen LogP contribution in [0.2, 0.25) is 0 Å². The summed E-state index contributed by atoms with van der Waals surface area (Å²) in [4.78, 5) is 11.9. The van der Waals surface area contributed by atoms with E-state index in [2.05, 4.69) is 29.4 Å². The molecule has 0 spiro atoms. The van der Waals surface area contributed by atoms with Crippen LogP contribution in [0.5, 0.6) is 0 Å². The molecule has 0 aliphatic rings. The number of carbonyl (C=O) groups excluding carboxylic acids is 1. The molecular weight excluding hydrogens is 212 g/mol. The van der Waals surface area contributed by atoms with E-state index in [0.717, 1.165) is 18.7 Å². The first kappa shape index (κ1) is 13.1. The fourth-order valence-electron chi connectivity index (χ4n) is 1.40. The Morgan fingerprint density at radius 1 is 1.35 bits per heavy atom. The molecule has 1 aromatic carbocycles. The molecule has 0 bridgehead atoms. The summed E-state index contributed by atoms with van der Waals surface area (Å²) in [6.45, 7) is 5.09. The van der Waals surface area contributed by atoms with Crippen molar-refractivity contribution < 1.29 is 4.79 Å². The number of hydrogen-bond acceptors (Lipinski definition) is 2. The molecule has 1 aromatic rings. The van der Waals surface area contributed by atoms with E-state index in [-0.39, 0.29) is 5.91 Å². The molecule has 2 N–H and O–H groups in total. The summed E-state index contributed by atoms with van der Waals surface area (Å²) in [7, 11) is 0. The van der Waals surface area contributed by atoms with Crippen molar-refractivity contribution in [3.63, 3.8) is 0 Å². The summed E-state index contributed by atoms with van der Waals surface area (Å²) in [5.41, 5.74) is 1.54. The molecule has 0 fully saturated rings. The van der Waals surface area contributed by atoms with Crippen molar-refractivity contribution >= 4 is 11.6 Å². The fraction of sp³-hybridized carbons (Fsp3) is 0.357. The third kappa shape index (κ3) is 4.20. The van der Waals surface area contributed by atoms with Gasteiger partial charge in [0.2, 0.25) is 0 Å². The van der Waals surface area contributed by atoms with Gasteiger partial charge in [-0.25, -0.2) is 0 Å². The van der Waals surface area contributed by atoms with Gasteiger partial charge < -0.3 is 10.6 Å². The smallest absolute Gasteiger partial charge is 0.254 e. The van der Waals surface area contributed by atoms with Crippen LogP contribution >= 0.6 is 0 Å². The van der Waals surface area contributed by atoms with Gasteiger partial charge in [0, 0.05) is 12.2 Å². The highest BCUT2D eigenvalue weighted by Crippen LogP contribution is 2.14. The lowest BCUT2D eigenvalue weighted by atomic mass is 10.1. The Labute approximate surface area is 103 Å². The third-order valence-corrected chi connectivity index (χ3v) is 2.25. The number of anilines is 1. The summed E-state index contributed by atoms with van der Waals surface area (Å²) >= 11 is 0. The minimum Gasteiger partial charge on any atom is -0.384 e. The number of para-hydroxylation sites is 1. The maximum absolute atomic E-state index is 11.9. The Bertz CT molecular complexity index is 429. The van der Waals surface area contributed by atoms with Gasteiger partial charge in [0.1, 0.15) is 0 Å². The van der Waals surface area contributed by atoms with Crippen molar-refractivity contribution in [2.75, 3.05) is 18.4 Å². The third-order valence-electron chi connectivity index (χ3n) is 2.25. The first-order chi connectivity index (χ1) is 8.29. The van der Waals surface area contributed by atoms with E-state index in [0.29, 0.717) is 12.1 Å². The summed E-state index contributed by atoms with van der Waals surface area (Å²) in [5.74, 6) is 5.46. The predicted molar refractivity (Wildman–Crippen MR) is 71.0 cm³/mol. The quantitative estimate of drug-likeness (QED) is 0.762. The molecule has 0 aromatic heterocycles. The minimum atomic E-state index is -0.0908. The lowest BCUT2D eigenvalue weighted by molar-refractivity contribution is 0.0959. The van der Waals surface area contributed by atoms with Gasteiger partial charge in [0.05, 0.1) is 12.1 Å². The van der Waals surface area contributed by atoms with E-state index in [1.54, 1.807) is 6.92 Å². The number of amides is 1. The van der Waals surface area contributed by atoms with E-state index in [1.165, 1.54) is 0 Å². The van der Waals surface area contributed by atoms with Gasteiger partial charge in [-0.05, 0) is 25.5 Å². The van der Waals surface area contributed by atoms with E-state index >= 15 is 0 Å². The topological polar surface area (TPSA) is 41.1 Å². The second kappa shape index (κ2) is 7.34. The average molecular weight is 230 g/mol. The van der Waals surface area contributed by atoms with Gasteiger partial charge in [-0.15, -0.1) is 5.92 Å². The normalized spacial score (nSPS) is 9.06. The van der Waals surface area contributed by atoms with Crippen molar-refractivity contribution in [1.29, 1.82) is 0 Å². The maximum Gasteiger partial charge on any atom is 0.254 e. The molecule has 0 saturated heterocycles. The van der Waals surface area contributed by atoms with E-state index < -0.39 is 0 Å². The molecule has 3 heteroatoms. The number of hydrogen-bond donors (Lipinski definition) is 2. The van der Waals surface area contributed by atoms with Crippen molar-refractivity contribution in [2.45, 2.75) is 20.3 Å². The SMILES string of the molecule is CC#CCNC(=O)c1ccccc1NCCC. The largest absolute Gasteiger partial charge is 0.384 e. The lowest BCUT2D eigenvalue weighted by Crippen LogP contribution is -2.24. The van der Waals surface area contributed by atoms with E-state index in [1.807, 2.05) is 24.3 Å². The molecule has 0 aliphatic heterocycles. The first-order valence-corrected chi connectivity index (χ1v) is 5.80. The van der Waals surface area contributed by atoms with Crippen LogP contribution in [0.3, 0.4) is 0 Å². The molecule has 0 heterocycles. The second-order valence-corrected chi connectivity index (χ2v) is 3.58. The Hall–Kier alpha value is -1.95. The van der Waals surface area contributed by atoms with Gasteiger partial charge in [0.25, 0.3) is 5.91 Å². The molecule has 0 saturated carbocycles. The zero-order valence-electron chi connectivity index (χ0n) is 10.3. The van der Waals surface area contributed by atoms with Crippen LogP contribution in [0.25, 0.3) is 0 Å². The minimum absolute atomic E-state index is 0.0908. The molecule has 3 nitrogen and oxygen atoms in total. The van der Waals surface area contributed by atoms with Gasteiger partial charge in [-0.2, -0.15) is 0 Å². The van der Waals surface area contributed by atoms with Gasteiger partial charge >= 0.3 is 0 Å². The summed E-state index contributed by atoms with van der Waals surface area (Å²) in [5, 5.41) is 6.00. The van der Waals surface area contributed by atoms with Crippen LogP contribution in [0.15, 0.2) is 24.3 Å². The zero-order valence-corrected chi connectivity index (χ0v) is 10.3. The highest BCUT2D eigenvalue weighted by Gasteiger charge is 2.08. The van der Waals surface area contributed by atoms with Crippen LogP contribution in [0.1, 0.15) is 30.6 Å². The van der Waals surface area contributed by atoms with E-state index in [4.69, 9.17) is 0 Å². The van der Waals surface area contributed by atoms with Crippen molar-refractivity contribution in [3.8, 4) is 11.8 Å². The standard InChI is InChI=1S/C14H18N2O/c1-3-5-11-16-14(17)12-8-6-7-9-13(12)15-10-4-2/h6-9,15H,4,10-11H2,1-2H3,(H,16,17). The second-order valence-electron chi connectivity index (χ2n) is 3.58. The van der Waals surface area contributed by atoms with Crippen molar-refractivity contribution in [3.05, 3.63) is 29.8 Å². The Balaban J connectivity index is 2.72. The van der Waals surface area contributed by atoms with Crippen LogP contribution in [0, 0.1) is 11.8 Å². The molecule has 0 unspecified atom stereocenters. The van der Waals surface area contributed by atoms with Gasteiger partial charge in [0.15, 0.2) is 0 Å². The van der Waals surface area contributed by atoms with Crippen molar-refractivity contribution in [2.24, 2.45) is 0 Å². The maximum atomic E-state index is 11.9. The number of carbonyl (C=O) groups is 1. The zero-order chi connectivity index (χ0) is 12.5. The molecular formula is C14H18N2O. The summed E-state index contributed by atoms with van der Waals surface area (Å²) in [6.07, 6.45) is 1.03. The molecule has 0 radical (unpaired) electrons. The van der Waals surface area contributed by atoms with Crippen LogP contribution in [0.4, 0.5) is 5.69 Å². The molecule has 1 amide bonds. The summed E-state index contributed by atoms with van der Waals surface area (Å²) < 4.78 is 0. The monoisotopic (exact) mass is 230 g/mol. The number of benzene rings is 1. The highest BCUT2D eigenvalue weighted by atomic mass is 16.1. The Morgan fingerprint density at radius 3 is 2.82 bits per heavy atom. The predicted octanol–water partition coefficient (Wildman–Crippen LogP) is 2.26. The van der Waals surface area contributed by atoms with E-state index in [9.17, 15) is 4.79 Å². The van der Waals surface area contributed by atoms with Gasteiger partial charge in [-0.3, -0.25) is 4.79 Å². The molecule has 0 atom stereocenters. The molecule has 1 rings (SSSR count). The van der Waals surface area contributed by atoms with Crippen LogP contribution < -0.4 is 10.6 Å². The van der Waals surface area contributed by atoms with Crippen molar-refractivity contribution in [1.82, 2.24) is 5.32 Å². The highest BCUT2D eigenvalue weighted by molar-refractivity contribution is 5.99.